The Morgan fingerprint density at radius 1 is 0.870 bits per heavy atom. The summed E-state index contributed by atoms with van der Waals surface area (Å²) in [6.07, 6.45) is 11.2. The molecule has 7 aliphatic rings. The van der Waals surface area contributed by atoms with E-state index in [9.17, 15) is 9.59 Å². The molecule has 5 aliphatic heterocycles. The number of rotatable bonds is 3. The lowest BCUT2D eigenvalue weighted by Gasteiger charge is -2.31. The molecule has 7 heterocycles. The van der Waals surface area contributed by atoms with E-state index in [1.807, 2.05) is 38.8 Å². The van der Waals surface area contributed by atoms with Gasteiger partial charge in [0.15, 0.2) is 0 Å². The van der Waals surface area contributed by atoms with Crippen LogP contribution in [-0.4, -0.2) is 92.2 Å². The van der Waals surface area contributed by atoms with E-state index in [4.69, 9.17) is 0 Å². The van der Waals surface area contributed by atoms with Crippen LogP contribution in [0, 0.1) is 56.3 Å². The van der Waals surface area contributed by atoms with E-state index in [0.29, 0.717) is 12.3 Å². The van der Waals surface area contributed by atoms with Gasteiger partial charge in [-0.05, 0) is 124 Å². The average Bonchev–Trinajstić information content (AvgIpc) is 4.32. The van der Waals surface area contributed by atoms with Crippen molar-refractivity contribution in [3.05, 3.63) is 136 Å². The number of imide groups is 1. The molecule has 8 unspecified atom stereocenters. The van der Waals surface area contributed by atoms with Crippen LogP contribution >= 0.6 is 11.8 Å². The second-order valence-electron chi connectivity index (χ2n) is 21.3. The fourth-order valence-electron chi connectivity index (χ4n) is 11.1. The maximum atomic E-state index is 10.8. The topological polar surface area (TPSA) is 160 Å². The van der Waals surface area contributed by atoms with E-state index >= 15 is 0 Å². The summed E-state index contributed by atoms with van der Waals surface area (Å²) in [7, 11) is 9.00. The van der Waals surface area contributed by atoms with Crippen molar-refractivity contribution in [2.75, 3.05) is 31.9 Å². The molecule has 2 aromatic heterocycles. The number of azo groups is 1. The van der Waals surface area contributed by atoms with Gasteiger partial charge in [-0.1, -0.05) is 112 Å². The van der Waals surface area contributed by atoms with Crippen LogP contribution in [-0.2, 0) is 41.5 Å². The fraction of sp³-hybridized carbons (Fsp3) is 0.492. The summed E-state index contributed by atoms with van der Waals surface area (Å²) in [5.41, 5.74) is 19.5. The second-order valence-corrected chi connectivity index (χ2v) is 22.8. The summed E-state index contributed by atoms with van der Waals surface area (Å²) in [5.74, 6) is 5.20. The number of carbonyl (C=O) groups excluding carboxylic acids is 2. The summed E-state index contributed by atoms with van der Waals surface area (Å²) in [6.45, 7) is 21.8. The Kier molecular flexibility index (Phi) is 21.7. The number of nitrogens with zero attached hydrogens (tertiary/aromatic N) is 11. The number of hydrogen-bond acceptors (Lipinski definition) is 13. The molecule has 412 valence electrons. The van der Waals surface area contributed by atoms with Crippen LogP contribution in [0.1, 0.15) is 119 Å². The first-order valence-electron chi connectivity index (χ1n) is 27.2. The molecule has 77 heavy (non-hydrogen) atoms. The third-order valence-electron chi connectivity index (χ3n) is 14.9. The van der Waals surface area contributed by atoms with E-state index in [-0.39, 0.29) is 23.8 Å². The number of hydrazone groups is 1. The van der Waals surface area contributed by atoms with E-state index in [0.717, 1.165) is 59.0 Å². The minimum Gasteiger partial charge on any atom is -0.399 e. The third kappa shape index (κ3) is 15.5. The highest BCUT2D eigenvalue weighted by Gasteiger charge is 2.49. The Morgan fingerprint density at radius 3 is 2.06 bits per heavy atom. The number of para-hydroxylation sites is 1. The predicted molar refractivity (Wildman–Crippen MR) is 316 cm³/mol. The van der Waals surface area contributed by atoms with Gasteiger partial charge < -0.3 is 9.74 Å². The van der Waals surface area contributed by atoms with Crippen LogP contribution < -0.4 is 10.3 Å². The van der Waals surface area contributed by atoms with E-state index < -0.39 is 0 Å². The maximum Gasteiger partial charge on any atom is 0.232 e. The van der Waals surface area contributed by atoms with Gasteiger partial charge in [-0.15, -0.1) is 10.3 Å². The summed E-state index contributed by atoms with van der Waals surface area (Å²) in [4.78, 5) is 29.3. The first kappa shape index (κ1) is 59.6. The zero-order chi connectivity index (χ0) is 55.9. The number of carbonyl (C=O) groups is 2. The summed E-state index contributed by atoms with van der Waals surface area (Å²) < 4.78 is 3.60. The van der Waals surface area contributed by atoms with Crippen molar-refractivity contribution in [1.29, 1.82) is 0 Å². The Hall–Kier alpha value is -6.68. The molecule has 2 bridgehead atoms. The molecule has 4 fully saturated rings. The number of allylic oxidation sites excluding steroid dienone is 1. The molecule has 16 heteroatoms. The lowest BCUT2D eigenvalue weighted by molar-refractivity contribution is -0.137. The number of thioether (sulfide) groups is 1. The number of fused-ring (bicyclic) bond motifs is 9. The number of anilines is 1. The standard InChI is InChI=1S/C18H17N3.C17H20N2.C7H12N2.C6H9NO2.C6H12S.C4H7N3.C3H7NO/c1-12-17-14-8-4-3-7-13(14)11-21(2)16-10-6-5-9-15(16)18(17)20-19-12;1-10-3-5-12(6-4-10)17-16-14-8-13(7-11(14)2)15(16)9-18-19-17;1-4-7-5-6(2)8-9(7)3;1-4-3-5(8)7(2)6(4)9;1-5-3-6(2)7-4-5;1-4-3-7(2)6-5-4;1-3-4-5-2/h3-10,12H,11H2,1-2H3;3-6,9,11,13-15,19H,7-8H2,1-2H3;5H,4H2,1-3H3;4H,3H2,1-2H3;5-6H,3-4H2,1-2H3;3H,1-2H3;3H,1-2H3/b;;;;;;4-3+. The SMILES string of the molecule is C/C=N/OC.CC1CC(=O)N(C)C1=O.CC1CSC(C)C1.CC1N=NC2=C1c1ccccc1CN(C)c1ccccc12.CCc1cc(C)nn1C.Cc1ccc(C2=C3C(C=NN2)C2CC(C)C3C2)cc1.Cc1cn(C)nn1. The van der Waals surface area contributed by atoms with Gasteiger partial charge in [-0.25, -0.2) is 0 Å². The summed E-state index contributed by atoms with van der Waals surface area (Å²) >= 11 is 2.11. The number of hydrogen-bond donors (Lipinski definition) is 1. The van der Waals surface area contributed by atoms with Gasteiger partial charge in [-0.2, -0.15) is 32.2 Å². The van der Waals surface area contributed by atoms with Crippen LogP contribution in [0.2, 0.25) is 0 Å². The van der Waals surface area contributed by atoms with Crippen molar-refractivity contribution in [3.63, 3.8) is 0 Å². The van der Waals surface area contributed by atoms with Gasteiger partial charge >= 0.3 is 0 Å². The molecule has 8 atom stereocenters. The Bertz CT molecular complexity index is 2890. The zero-order valence-corrected chi connectivity index (χ0v) is 49.2. The predicted octanol–water partition coefficient (Wildman–Crippen LogP) is 12.2. The van der Waals surface area contributed by atoms with Crippen molar-refractivity contribution in [2.24, 2.45) is 70.1 Å². The normalized spacial score (nSPS) is 23.8. The van der Waals surface area contributed by atoms with E-state index in [1.165, 1.54) is 94.5 Å². The van der Waals surface area contributed by atoms with Crippen LogP contribution in [0.4, 0.5) is 5.69 Å². The molecule has 12 rings (SSSR count). The monoisotopic (exact) mass is 1060 g/mol. The molecule has 2 amide bonds. The first-order chi connectivity index (χ1) is 36.8. The number of amides is 2. The van der Waals surface area contributed by atoms with E-state index in [2.05, 4.69) is 196 Å². The minimum absolute atomic E-state index is 0.0556. The van der Waals surface area contributed by atoms with Crippen molar-refractivity contribution >= 4 is 58.7 Å². The van der Waals surface area contributed by atoms with Gasteiger partial charge in [0.05, 0.1) is 23.1 Å². The van der Waals surface area contributed by atoms with Crippen molar-refractivity contribution in [3.8, 4) is 0 Å². The first-order valence-corrected chi connectivity index (χ1v) is 28.3. The number of benzene rings is 3. The number of oxime groups is 1. The lowest BCUT2D eigenvalue weighted by atomic mass is 9.77. The molecular formula is C61H84N12O3S. The largest absolute Gasteiger partial charge is 0.399 e. The zero-order valence-electron chi connectivity index (χ0n) is 48.4. The smallest absolute Gasteiger partial charge is 0.232 e. The van der Waals surface area contributed by atoms with Crippen LogP contribution in [0.5, 0.6) is 0 Å². The number of aryl methyl sites for hydroxylation is 6. The highest BCUT2D eigenvalue weighted by molar-refractivity contribution is 8.00. The molecule has 15 nitrogen and oxygen atoms in total. The maximum absolute atomic E-state index is 10.8. The Labute approximate surface area is 462 Å². The Balaban J connectivity index is 0.000000156. The molecule has 0 radical (unpaired) electrons. The van der Waals surface area contributed by atoms with Gasteiger partial charge in [0.1, 0.15) is 12.8 Å². The van der Waals surface area contributed by atoms with Crippen molar-refractivity contribution in [2.45, 2.75) is 119 Å². The van der Waals surface area contributed by atoms with Crippen LogP contribution in [0.15, 0.2) is 111 Å². The average molecular weight is 1070 g/mol. The van der Waals surface area contributed by atoms with Crippen LogP contribution in [0.25, 0.3) is 17.0 Å². The van der Waals surface area contributed by atoms with Crippen LogP contribution in [0.3, 0.4) is 0 Å². The summed E-state index contributed by atoms with van der Waals surface area (Å²) in [5, 5.41) is 29.2. The highest BCUT2D eigenvalue weighted by atomic mass is 32.2. The highest BCUT2D eigenvalue weighted by Crippen LogP contribution is 2.56. The molecule has 2 saturated carbocycles. The molecule has 5 aromatic rings. The van der Waals surface area contributed by atoms with Gasteiger partial charge in [0, 0.05) is 99.4 Å². The fourth-order valence-corrected chi connectivity index (χ4v) is 12.3. The molecule has 3 aromatic carbocycles. The molecule has 2 aliphatic carbocycles. The molecule has 1 N–H and O–H groups in total. The van der Waals surface area contributed by atoms with Gasteiger partial charge in [-0.3, -0.25) is 29.3 Å². The molecular weight excluding hydrogens is 981 g/mol. The second kappa shape index (κ2) is 28.1. The van der Waals surface area contributed by atoms with Gasteiger partial charge in [0.25, 0.3) is 0 Å². The van der Waals surface area contributed by atoms with E-state index in [1.54, 1.807) is 30.3 Å². The molecule has 2 saturated heterocycles. The Morgan fingerprint density at radius 2 is 1.57 bits per heavy atom. The van der Waals surface area contributed by atoms with Crippen molar-refractivity contribution in [1.82, 2.24) is 35.1 Å². The molecule has 0 spiro atoms. The number of nitrogens with one attached hydrogen (secondary N) is 1. The number of aromatic nitrogens is 5. The number of likely N-dealkylation sites (tertiary alicyclic amines) is 1. The minimum atomic E-state index is -0.0949. The van der Waals surface area contributed by atoms with Gasteiger partial charge in [0.2, 0.25) is 11.8 Å². The lowest BCUT2D eigenvalue weighted by Crippen LogP contribution is -2.28. The van der Waals surface area contributed by atoms with Crippen molar-refractivity contribution < 1.29 is 14.4 Å². The summed E-state index contributed by atoms with van der Waals surface area (Å²) in [6, 6.07) is 28.1. The third-order valence-corrected chi connectivity index (χ3v) is 16.4. The quantitative estimate of drug-likeness (QED) is 0.105.